The molecule has 0 saturated carbocycles. The molecule has 7 heteroatoms. The van der Waals surface area contributed by atoms with Crippen LogP contribution in [0.25, 0.3) is 0 Å². The Kier molecular flexibility index (Phi) is 12.9. The van der Waals surface area contributed by atoms with Crippen molar-refractivity contribution in [2.24, 2.45) is 10.9 Å². The van der Waals surface area contributed by atoms with Crippen LogP contribution in [0.4, 0.5) is 0 Å². The molecule has 1 aromatic carbocycles. The van der Waals surface area contributed by atoms with Crippen molar-refractivity contribution in [2.75, 3.05) is 26.2 Å². The third kappa shape index (κ3) is 9.33. The van der Waals surface area contributed by atoms with Crippen molar-refractivity contribution in [3.63, 3.8) is 0 Å². The summed E-state index contributed by atoms with van der Waals surface area (Å²) in [5, 5.41) is 15.9. The number of rotatable bonds is 11. The van der Waals surface area contributed by atoms with Gasteiger partial charge in [-0.3, -0.25) is 4.79 Å². The molecule has 1 aliphatic rings. The van der Waals surface area contributed by atoms with Crippen molar-refractivity contribution < 1.29 is 9.90 Å². The molecular formula is C22H37IN4O2. The van der Waals surface area contributed by atoms with Crippen LogP contribution in [0.5, 0.6) is 0 Å². The van der Waals surface area contributed by atoms with Crippen LogP contribution < -0.4 is 10.6 Å². The second-order valence-corrected chi connectivity index (χ2v) is 7.48. The summed E-state index contributed by atoms with van der Waals surface area (Å²) in [6, 6.07) is 8.34. The lowest BCUT2D eigenvalue weighted by Gasteiger charge is -2.18. The minimum Gasteiger partial charge on any atom is -0.396 e. The Morgan fingerprint density at radius 2 is 2.03 bits per heavy atom. The Labute approximate surface area is 192 Å². The monoisotopic (exact) mass is 516 g/mol. The van der Waals surface area contributed by atoms with E-state index in [1.165, 1.54) is 0 Å². The fourth-order valence-electron chi connectivity index (χ4n) is 3.61. The SMILES string of the molecule is CCCC(CCO)CNC(=NCc1cccc(CN2CCCC2=O)c1)NCC.I. The Balaban J connectivity index is 0.00000420. The maximum Gasteiger partial charge on any atom is 0.222 e. The molecule has 6 nitrogen and oxygen atoms in total. The lowest BCUT2D eigenvalue weighted by molar-refractivity contribution is -0.128. The average Bonchev–Trinajstić information content (AvgIpc) is 3.09. The second-order valence-electron chi connectivity index (χ2n) is 7.48. The zero-order valence-corrected chi connectivity index (χ0v) is 20.2. The maximum atomic E-state index is 11.8. The van der Waals surface area contributed by atoms with Gasteiger partial charge >= 0.3 is 0 Å². The van der Waals surface area contributed by atoms with Crippen molar-refractivity contribution >= 4 is 35.8 Å². The minimum absolute atomic E-state index is 0. The van der Waals surface area contributed by atoms with E-state index in [1.807, 2.05) is 11.0 Å². The lowest BCUT2D eigenvalue weighted by atomic mass is 10.0. The fourth-order valence-corrected chi connectivity index (χ4v) is 3.61. The van der Waals surface area contributed by atoms with Crippen molar-refractivity contribution in [2.45, 2.75) is 59.0 Å². The van der Waals surface area contributed by atoms with Crippen molar-refractivity contribution in [1.29, 1.82) is 0 Å². The van der Waals surface area contributed by atoms with Gasteiger partial charge < -0.3 is 20.6 Å². The highest BCUT2D eigenvalue weighted by Gasteiger charge is 2.19. The van der Waals surface area contributed by atoms with Gasteiger partial charge in [0, 0.05) is 39.2 Å². The first-order chi connectivity index (χ1) is 13.7. The van der Waals surface area contributed by atoms with Crippen LogP contribution >= 0.6 is 24.0 Å². The number of amides is 1. The van der Waals surface area contributed by atoms with Gasteiger partial charge in [0.2, 0.25) is 5.91 Å². The van der Waals surface area contributed by atoms with Gasteiger partial charge in [-0.1, -0.05) is 37.6 Å². The van der Waals surface area contributed by atoms with E-state index in [1.54, 1.807) is 0 Å². The quantitative estimate of drug-likeness (QED) is 0.240. The number of benzene rings is 1. The average molecular weight is 516 g/mol. The molecule has 1 fully saturated rings. The van der Waals surface area contributed by atoms with Crippen LogP contribution in [0.3, 0.4) is 0 Å². The number of hydrogen-bond acceptors (Lipinski definition) is 3. The lowest BCUT2D eigenvalue weighted by Crippen LogP contribution is -2.40. The number of guanidine groups is 1. The van der Waals surface area contributed by atoms with Crippen LogP contribution in [0.2, 0.25) is 0 Å². The number of nitrogens with one attached hydrogen (secondary N) is 2. The van der Waals surface area contributed by atoms with E-state index >= 15 is 0 Å². The predicted octanol–water partition coefficient (Wildman–Crippen LogP) is 3.28. The zero-order chi connectivity index (χ0) is 20.2. The maximum absolute atomic E-state index is 11.8. The van der Waals surface area contributed by atoms with Gasteiger partial charge in [-0.2, -0.15) is 0 Å². The van der Waals surface area contributed by atoms with E-state index in [9.17, 15) is 9.90 Å². The molecule has 164 valence electrons. The van der Waals surface area contributed by atoms with E-state index in [4.69, 9.17) is 4.99 Å². The van der Waals surface area contributed by atoms with Gasteiger partial charge in [-0.15, -0.1) is 24.0 Å². The third-order valence-electron chi connectivity index (χ3n) is 5.09. The molecule has 0 bridgehead atoms. The summed E-state index contributed by atoms with van der Waals surface area (Å²) in [5.41, 5.74) is 2.30. The molecule has 29 heavy (non-hydrogen) atoms. The number of carbonyl (C=O) groups is 1. The van der Waals surface area contributed by atoms with Crippen LogP contribution in [0, 0.1) is 5.92 Å². The summed E-state index contributed by atoms with van der Waals surface area (Å²) in [6.07, 6.45) is 4.68. The van der Waals surface area contributed by atoms with E-state index in [-0.39, 0.29) is 36.5 Å². The van der Waals surface area contributed by atoms with Crippen molar-refractivity contribution in [3.05, 3.63) is 35.4 Å². The number of likely N-dealkylation sites (tertiary alicyclic amines) is 1. The Hall–Kier alpha value is -1.35. The van der Waals surface area contributed by atoms with Gasteiger partial charge in [0.1, 0.15) is 0 Å². The molecule has 1 unspecified atom stereocenters. The topological polar surface area (TPSA) is 77.0 Å². The molecule has 1 saturated heterocycles. The summed E-state index contributed by atoms with van der Waals surface area (Å²) < 4.78 is 0. The fraction of sp³-hybridized carbons (Fsp3) is 0.636. The minimum atomic E-state index is 0. The highest BCUT2D eigenvalue weighted by atomic mass is 127. The first-order valence-electron chi connectivity index (χ1n) is 10.6. The Bertz CT molecular complexity index is 633. The van der Waals surface area contributed by atoms with Gasteiger partial charge in [0.15, 0.2) is 5.96 Å². The van der Waals surface area contributed by atoms with Crippen LogP contribution in [0.1, 0.15) is 57.1 Å². The number of aliphatic hydroxyl groups is 1. The first-order valence-corrected chi connectivity index (χ1v) is 10.6. The predicted molar refractivity (Wildman–Crippen MR) is 129 cm³/mol. The largest absolute Gasteiger partial charge is 0.396 e. The molecule has 1 heterocycles. The smallest absolute Gasteiger partial charge is 0.222 e. The summed E-state index contributed by atoms with van der Waals surface area (Å²) in [7, 11) is 0. The second kappa shape index (κ2) is 14.6. The third-order valence-corrected chi connectivity index (χ3v) is 5.09. The highest BCUT2D eigenvalue weighted by molar-refractivity contribution is 14.0. The molecule has 0 spiro atoms. The number of nitrogens with zero attached hydrogens (tertiary/aromatic N) is 2. The molecule has 1 aromatic rings. The molecule has 1 amide bonds. The molecule has 0 aromatic heterocycles. The number of hydrogen-bond donors (Lipinski definition) is 3. The molecule has 1 aliphatic heterocycles. The summed E-state index contributed by atoms with van der Waals surface area (Å²) in [6.45, 7) is 8.23. The van der Waals surface area contributed by atoms with E-state index < -0.39 is 0 Å². The Morgan fingerprint density at radius 3 is 2.69 bits per heavy atom. The molecule has 2 rings (SSSR count). The molecule has 3 N–H and O–H groups in total. The molecule has 0 aliphatic carbocycles. The molecule has 0 radical (unpaired) electrons. The first kappa shape index (κ1) is 25.7. The van der Waals surface area contributed by atoms with Crippen LogP contribution in [0.15, 0.2) is 29.3 Å². The summed E-state index contributed by atoms with van der Waals surface area (Å²) in [5.74, 6) is 1.52. The van der Waals surface area contributed by atoms with Gasteiger partial charge in [-0.25, -0.2) is 4.99 Å². The van der Waals surface area contributed by atoms with E-state index in [2.05, 4.69) is 42.7 Å². The summed E-state index contributed by atoms with van der Waals surface area (Å²) in [4.78, 5) is 18.5. The van der Waals surface area contributed by atoms with Gasteiger partial charge in [0.05, 0.1) is 6.54 Å². The summed E-state index contributed by atoms with van der Waals surface area (Å²) >= 11 is 0. The van der Waals surface area contributed by atoms with Crippen LogP contribution in [-0.4, -0.2) is 48.1 Å². The van der Waals surface area contributed by atoms with Gasteiger partial charge in [-0.05, 0) is 43.2 Å². The van der Waals surface area contributed by atoms with E-state index in [0.717, 1.165) is 62.4 Å². The molecular weight excluding hydrogens is 479 g/mol. The number of carbonyl (C=O) groups excluding carboxylic acids is 1. The number of aliphatic imine (C=N–C) groups is 1. The molecule has 1 atom stereocenters. The Morgan fingerprint density at radius 1 is 1.24 bits per heavy atom. The number of halogens is 1. The van der Waals surface area contributed by atoms with Crippen molar-refractivity contribution in [1.82, 2.24) is 15.5 Å². The standard InChI is InChI=1S/C22H36N4O2.HI/c1-3-7-18(11-13-27)15-24-22(23-4-2)25-16-19-8-5-9-20(14-19)17-26-12-6-10-21(26)28;/h5,8-9,14,18,27H,3-4,6-7,10-13,15-17H2,1-2H3,(H2,23,24,25);1H. The zero-order valence-electron chi connectivity index (χ0n) is 17.8. The van der Waals surface area contributed by atoms with Gasteiger partial charge in [0.25, 0.3) is 0 Å². The number of aliphatic hydroxyl groups excluding tert-OH is 1. The normalized spacial score (nSPS) is 15.2. The van der Waals surface area contributed by atoms with Crippen molar-refractivity contribution in [3.8, 4) is 0 Å². The van der Waals surface area contributed by atoms with E-state index in [0.29, 0.717) is 25.4 Å². The van der Waals surface area contributed by atoms with Crippen LogP contribution in [-0.2, 0) is 17.9 Å². The highest BCUT2D eigenvalue weighted by Crippen LogP contribution is 2.15.